The summed E-state index contributed by atoms with van der Waals surface area (Å²) >= 11 is 5.38. The molecule has 1 N–H and O–H groups in total. The summed E-state index contributed by atoms with van der Waals surface area (Å²) in [6.07, 6.45) is 0.773. The highest BCUT2D eigenvalue weighted by atomic mass is 35.5. The summed E-state index contributed by atoms with van der Waals surface area (Å²) in [6, 6.07) is 4.16. The average Bonchev–Trinajstić information content (AvgIpc) is 2.37. The zero-order valence-electron chi connectivity index (χ0n) is 11.2. The van der Waals surface area contributed by atoms with Gasteiger partial charge in [-0.25, -0.2) is 0 Å². The largest absolute Gasteiger partial charge is 0.493 e. The van der Waals surface area contributed by atoms with Crippen molar-refractivity contribution in [2.24, 2.45) is 0 Å². The first kappa shape index (κ1) is 14.8. The van der Waals surface area contributed by atoms with Crippen LogP contribution in [-0.4, -0.2) is 24.9 Å². The number of hydrogen-bond donors (Lipinski definition) is 1. The van der Waals surface area contributed by atoms with Crippen molar-refractivity contribution in [2.45, 2.75) is 27.2 Å². The Hall–Kier alpha value is -1.22. The quantitative estimate of drug-likeness (QED) is 0.637. The van der Waals surface area contributed by atoms with Crippen LogP contribution in [0.2, 0.25) is 0 Å². The second kappa shape index (κ2) is 7.27. The Kier molecular flexibility index (Phi) is 5.99. The zero-order valence-corrected chi connectivity index (χ0v) is 11.9. The fraction of sp³-hybridized carbons (Fsp3) is 0.500. The third-order valence-corrected chi connectivity index (χ3v) is 3.13. The molecule has 0 aromatic heterocycles. The second-order valence-corrected chi connectivity index (χ2v) is 4.61. The topological polar surface area (TPSA) is 38.3 Å². The number of amides is 1. The first-order chi connectivity index (χ1) is 8.56. The molecule has 0 fully saturated rings. The van der Waals surface area contributed by atoms with Crippen LogP contribution in [0.5, 0.6) is 5.75 Å². The van der Waals surface area contributed by atoms with Gasteiger partial charge in [-0.15, -0.1) is 11.6 Å². The molecule has 0 aliphatic carbocycles. The molecule has 0 saturated heterocycles. The number of aryl methyl sites for hydroxylation is 2. The Morgan fingerprint density at radius 3 is 2.61 bits per heavy atom. The summed E-state index contributed by atoms with van der Waals surface area (Å²) in [5, 5.41) is 2.71. The third-order valence-electron chi connectivity index (χ3n) is 2.88. The smallest absolute Gasteiger partial charge is 0.234 e. The molecule has 4 heteroatoms. The normalized spacial score (nSPS) is 10.2. The molecule has 0 atom stereocenters. The van der Waals surface area contributed by atoms with Crippen LogP contribution in [0.1, 0.15) is 23.1 Å². The van der Waals surface area contributed by atoms with Gasteiger partial charge in [0.1, 0.15) is 11.6 Å². The summed E-state index contributed by atoms with van der Waals surface area (Å²) in [5.74, 6) is 0.829. The van der Waals surface area contributed by atoms with E-state index in [1.807, 2.05) is 6.92 Å². The van der Waals surface area contributed by atoms with Crippen molar-refractivity contribution in [1.29, 1.82) is 0 Å². The van der Waals surface area contributed by atoms with Crippen molar-refractivity contribution in [3.8, 4) is 5.75 Å². The number of carbonyl (C=O) groups is 1. The van der Waals surface area contributed by atoms with Gasteiger partial charge in [-0.2, -0.15) is 0 Å². The van der Waals surface area contributed by atoms with Crippen molar-refractivity contribution in [2.75, 3.05) is 19.0 Å². The van der Waals surface area contributed by atoms with Gasteiger partial charge in [-0.05, 0) is 43.9 Å². The average molecular weight is 270 g/mol. The molecule has 1 rings (SSSR count). The van der Waals surface area contributed by atoms with Crippen LogP contribution in [0.15, 0.2) is 12.1 Å². The molecular formula is C14H20ClNO2. The van der Waals surface area contributed by atoms with Crippen molar-refractivity contribution >= 4 is 17.5 Å². The predicted octanol–water partition coefficient (Wildman–Crippen LogP) is 2.74. The molecule has 3 nitrogen and oxygen atoms in total. The van der Waals surface area contributed by atoms with E-state index in [-0.39, 0.29) is 11.8 Å². The van der Waals surface area contributed by atoms with Crippen LogP contribution in [0.25, 0.3) is 0 Å². The molecule has 0 saturated carbocycles. The summed E-state index contributed by atoms with van der Waals surface area (Å²) in [6.45, 7) is 7.36. The molecule has 1 aromatic carbocycles. The minimum atomic E-state index is -0.139. The van der Waals surface area contributed by atoms with E-state index in [9.17, 15) is 4.79 Å². The number of halogens is 1. The summed E-state index contributed by atoms with van der Waals surface area (Å²) in [5.41, 5.74) is 3.55. The molecule has 0 bridgehead atoms. The number of rotatable bonds is 6. The van der Waals surface area contributed by atoms with Gasteiger partial charge in [-0.3, -0.25) is 4.79 Å². The number of hydrogen-bond acceptors (Lipinski definition) is 2. The molecule has 0 radical (unpaired) electrons. The highest BCUT2D eigenvalue weighted by Crippen LogP contribution is 2.25. The number of alkyl halides is 1. The molecule has 0 spiro atoms. The lowest BCUT2D eigenvalue weighted by Gasteiger charge is -2.14. The van der Waals surface area contributed by atoms with Crippen LogP contribution < -0.4 is 10.1 Å². The summed E-state index contributed by atoms with van der Waals surface area (Å²) < 4.78 is 5.78. The number of benzene rings is 1. The molecule has 18 heavy (non-hydrogen) atoms. The Labute approximate surface area is 113 Å². The van der Waals surface area contributed by atoms with Crippen molar-refractivity contribution < 1.29 is 9.53 Å². The van der Waals surface area contributed by atoms with E-state index in [0.717, 1.165) is 17.7 Å². The lowest BCUT2D eigenvalue weighted by Crippen LogP contribution is -2.26. The van der Waals surface area contributed by atoms with Gasteiger partial charge in [0.15, 0.2) is 0 Å². The number of nitrogens with one attached hydrogen (secondary N) is 1. The van der Waals surface area contributed by atoms with Gasteiger partial charge >= 0.3 is 0 Å². The SMILES string of the molecule is Cc1ccc(C)c(OCCCNC(=O)CCl)c1C. The van der Waals surface area contributed by atoms with Crippen LogP contribution >= 0.6 is 11.6 Å². The van der Waals surface area contributed by atoms with Crippen molar-refractivity contribution in [3.05, 3.63) is 28.8 Å². The lowest BCUT2D eigenvalue weighted by molar-refractivity contribution is -0.118. The Morgan fingerprint density at radius 2 is 1.94 bits per heavy atom. The van der Waals surface area contributed by atoms with Crippen LogP contribution in [0, 0.1) is 20.8 Å². The van der Waals surface area contributed by atoms with E-state index in [2.05, 4.69) is 31.3 Å². The lowest BCUT2D eigenvalue weighted by atomic mass is 10.1. The van der Waals surface area contributed by atoms with Crippen molar-refractivity contribution in [3.63, 3.8) is 0 Å². The van der Waals surface area contributed by atoms with Gasteiger partial charge in [0.25, 0.3) is 0 Å². The predicted molar refractivity (Wildman–Crippen MR) is 74.5 cm³/mol. The second-order valence-electron chi connectivity index (χ2n) is 4.34. The molecule has 1 amide bonds. The third kappa shape index (κ3) is 4.22. The van der Waals surface area contributed by atoms with Gasteiger partial charge in [0.05, 0.1) is 6.61 Å². The number of carbonyl (C=O) groups excluding carboxylic acids is 1. The molecular weight excluding hydrogens is 250 g/mol. The Morgan fingerprint density at radius 1 is 1.28 bits per heavy atom. The van der Waals surface area contributed by atoms with E-state index < -0.39 is 0 Å². The van der Waals surface area contributed by atoms with Gasteiger partial charge < -0.3 is 10.1 Å². The molecule has 0 unspecified atom stereocenters. The van der Waals surface area contributed by atoms with E-state index in [1.165, 1.54) is 11.1 Å². The monoisotopic (exact) mass is 269 g/mol. The Bertz CT molecular complexity index is 419. The van der Waals surface area contributed by atoms with Crippen LogP contribution in [0.4, 0.5) is 0 Å². The van der Waals surface area contributed by atoms with Crippen LogP contribution in [0.3, 0.4) is 0 Å². The Balaban J connectivity index is 2.40. The zero-order chi connectivity index (χ0) is 13.5. The molecule has 100 valence electrons. The van der Waals surface area contributed by atoms with E-state index in [0.29, 0.717) is 13.2 Å². The fourth-order valence-corrected chi connectivity index (χ4v) is 1.76. The fourth-order valence-electron chi connectivity index (χ4n) is 1.67. The highest BCUT2D eigenvalue weighted by molar-refractivity contribution is 6.27. The molecule has 0 aliphatic heterocycles. The van der Waals surface area contributed by atoms with E-state index in [1.54, 1.807) is 0 Å². The summed E-state index contributed by atoms with van der Waals surface area (Å²) in [7, 11) is 0. The highest BCUT2D eigenvalue weighted by Gasteiger charge is 2.06. The minimum Gasteiger partial charge on any atom is -0.493 e. The van der Waals surface area contributed by atoms with E-state index >= 15 is 0 Å². The van der Waals surface area contributed by atoms with Gasteiger partial charge in [-0.1, -0.05) is 12.1 Å². The maximum Gasteiger partial charge on any atom is 0.234 e. The van der Waals surface area contributed by atoms with E-state index in [4.69, 9.17) is 16.3 Å². The molecule has 0 aliphatic rings. The van der Waals surface area contributed by atoms with Gasteiger partial charge in [0.2, 0.25) is 5.91 Å². The van der Waals surface area contributed by atoms with Crippen LogP contribution in [-0.2, 0) is 4.79 Å². The van der Waals surface area contributed by atoms with Crippen molar-refractivity contribution in [1.82, 2.24) is 5.32 Å². The minimum absolute atomic E-state index is 0.0109. The molecule has 0 heterocycles. The van der Waals surface area contributed by atoms with Gasteiger partial charge in [0, 0.05) is 6.54 Å². The standard InChI is InChI=1S/C14H20ClNO2/c1-10-5-6-11(2)14(12(10)3)18-8-4-7-16-13(17)9-15/h5-6H,4,7-9H2,1-3H3,(H,16,17). The summed E-state index contributed by atoms with van der Waals surface area (Å²) in [4.78, 5) is 10.9. The molecule has 1 aromatic rings. The number of ether oxygens (including phenoxy) is 1. The first-order valence-corrected chi connectivity index (χ1v) is 6.62. The first-order valence-electron chi connectivity index (χ1n) is 6.08. The maximum atomic E-state index is 10.9. The maximum absolute atomic E-state index is 10.9.